The van der Waals surface area contributed by atoms with Crippen LogP contribution in [0.4, 0.5) is 11.5 Å². The van der Waals surface area contributed by atoms with E-state index in [0.29, 0.717) is 11.5 Å². The van der Waals surface area contributed by atoms with Gasteiger partial charge in [-0.3, -0.25) is 0 Å². The van der Waals surface area contributed by atoms with Gasteiger partial charge in [0.25, 0.3) is 0 Å². The monoisotopic (exact) mass is 241 g/mol. The van der Waals surface area contributed by atoms with Crippen molar-refractivity contribution < 1.29 is 0 Å². The number of thioether (sulfide) groups is 1. The van der Waals surface area contributed by atoms with E-state index in [1.807, 2.05) is 48.7 Å². The van der Waals surface area contributed by atoms with Crippen LogP contribution in [0.15, 0.2) is 47.4 Å². The lowest BCUT2D eigenvalue weighted by molar-refractivity contribution is 1.25. The van der Waals surface area contributed by atoms with Crippen LogP contribution < -0.4 is 5.32 Å². The number of nitriles is 1. The van der Waals surface area contributed by atoms with Crippen LogP contribution in [-0.2, 0) is 0 Å². The molecule has 0 saturated carbocycles. The molecule has 2 aromatic rings. The molecule has 0 spiro atoms. The van der Waals surface area contributed by atoms with Gasteiger partial charge in [0.1, 0.15) is 17.6 Å². The normalized spacial score (nSPS) is 9.65. The first kappa shape index (κ1) is 11.5. The molecular formula is C13H11N3S. The number of benzene rings is 1. The van der Waals surface area contributed by atoms with Crippen LogP contribution >= 0.6 is 11.8 Å². The van der Waals surface area contributed by atoms with E-state index in [-0.39, 0.29) is 0 Å². The number of hydrogen-bond donors (Lipinski definition) is 1. The Bertz CT molecular complexity index is 543. The van der Waals surface area contributed by atoms with Crippen LogP contribution in [0.25, 0.3) is 0 Å². The molecule has 0 aliphatic heterocycles. The molecule has 0 amide bonds. The fourth-order valence-electron chi connectivity index (χ4n) is 1.39. The quantitative estimate of drug-likeness (QED) is 0.836. The van der Waals surface area contributed by atoms with Crippen molar-refractivity contribution in [1.82, 2.24) is 4.98 Å². The van der Waals surface area contributed by atoms with Gasteiger partial charge in [0.2, 0.25) is 0 Å². The molecule has 3 nitrogen and oxygen atoms in total. The number of nitrogens with zero attached hydrogens (tertiary/aromatic N) is 2. The van der Waals surface area contributed by atoms with Gasteiger partial charge in [0, 0.05) is 10.6 Å². The average Bonchev–Trinajstić information content (AvgIpc) is 2.40. The highest BCUT2D eigenvalue weighted by Gasteiger charge is 1.98. The fourth-order valence-corrected chi connectivity index (χ4v) is 1.80. The Balaban J connectivity index is 2.16. The maximum Gasteiger partial charge on any atom is 0.142 e. The first-order valence-corrected chi connectivity index (χ1v) is 6.32. The summed E-state index contributed by atoms with van der Waals surface area (Å²) in [4.78, 5) is 5.37. The Morgan fingerprint density at radius 2 is 1.94 bits per heavy atom. The van der Waals surface area contributed by atoms with Crippen molar-refractivity contribution in [2.45, 2.75) is 4.90 Å². The molecule has 0 aliphatic carbocycles. The Labute approximate surface area is 105 Å². The second kappa shape index (κ2) is 5.37. The second-order valence-electron chi connectivity index (χ2n) is 3.37. The molecule has 1 aromatic carbocycles. The smallest absolute Gasteiger partial charge is 0.142 e. The first-order chi connectivity index (χ1) is 8.31. The predicted octanol–water partition coefficient (Wildman–Crippen LogP) is 3.42. The SMILES string of the molecule is CSc1ccc(Nc2cccc(C#N)n2)cc1. The Kier molecular flexibility index (Phi) is 3.63. The number of aromatic nitrogens is 1. The Morgan fingerprint density at radius 3 is 2.59 bits per heavy atom. The molecule has 84 valence electrons. The summed E-state index contributed by atoms with van der Waals surface area (Å²) < 4.78 is 0. The van der Waals surface area contributed by atoms with Gasteiger partial charge in [-0.25, -0.2) is 4.98 Å². The van der Waals surface area contributed by atoms with E-state index in [0.717, 1.165) is 5.69 Å². The lowest BCUT2D eigenvalue weighted by atomic mass is 10.3. The highest BCUT2D eigenvalue weighted by atomic mass is 32.2. The second-order valence-corrected chi connectivity index (χ2v) is 4.25. The summed E-state index contributed by atoms with van der Waals surface area (Å²) in [5.74, 6) is 0.681. The van der Waals surface area contributed by atoms with E-state index in [4.69, 9.17) is 5.26 Å². The van der Waals surface area contributed by atoms with Gasteiger partial charge in [-0.1, -0.05) is 6.07 Å². The summed E-state index contributed by atoms with van der Waals surface area (Å²) in [7, 11) is 0. The Morgan fingerprint density at radius 1 is 1.18 bits per heavy atom. The topological polar surface area (TPSA) is 48.7 Å². The van der Waals surface area contributed by atoms with Crippen LogP contribution in [0.5, 0.6) is 0 Å². The average molecular weight is 241 g/mol. The van der Waals surface area contributed by atoms with Crippen LogP contribution in [0, 0.1) is 11.3 Å². The highest BCUT2D eigenvalue weighted by Crippen LogP contribution is 2.19. The molecular weight excluding hydrogens is 230 g/mol. The van der Waals surface area contributed by atoms with Crippen LogP contribution in [0.1, 0.15) is 5.69 Å². The predicted molar refractivity (Wildman–Crippen MR) is 70.5 cm³/mol. The van der Waals surface area contributed by atoms with E-state index in [2.05, 4.69) is 10.3 Å². The minimum Gasteiger partial charge on any atom is -0.340 e. The molecule has 1 aromatic heterocycles. The lowest BCUT2D eigenvalue weighted by Gasteiger charge is -2.06. The molecule has 2 rings (SSSR count). The summed E-state index contributed by atoms with van der Waals surface area (Å²) in [6.07, 6.45) is 2.04. The minimum absolute atomic E-state index is 0.413. The molecule has 1 heterocycles. The van der Waals surface area contributed by atoms with Crippen LogP contribution in [0.2, 0.25) is 0 Å². The van der Waals surface area contributed by atoms with Crippen molar-refractivity contribution in [2.24, 2.45) is 0 Å². The van der Waals surface area contributed by atoms with E-state index < -0.39 is 0 Å². The molecule has 0 saturated heterocycles. The molecule has 0 aliphatic rings. The van der Waals surface area contributed by atoms with Crippen LogP contribution in [-0.4, -0.2) is 11.2 Å². The summed E-state index contributed by atoms with van der Waals surface area (Å²) in [5, 5.41) is 11.9. The standard InChI is InChI=1S/C13H11N3S/c1-17-12-7-5-10(6-8-12)15-13-4-2-3-11(9-14)16-13/h2-8H,1H3,(H,15,16). The van der Waals surface area contributed by atoms with Gasteiger partial charge >= 0.3 is 0 Å². The van der Waals surface area contributed by atoms with Crippen molar-refractivity contribution in [1.29, 1.82) is 5.26 Å². The van der Waals surface area contributed by atoms with Crippen molar-refractivity contribution >= 4 is 23.3 Å². The maximum absolute atomic E-state index is 8.75. The third-order valence-corrected chi connectivity index (χ3v) is 2.97. The van der Waals surface area contributed by atoms with Crippen molar-refractivity contribution in [3.63, 3.8) is 0 Å². The summed E-state index contributed by atoms with van der Waals surface area (Å²) in [5.41, 5.74) is 1.38. The summed E-state index contributed by atoms with van der Waals surface area (Å²) in [6, 6.07) is 15.4. The van der Waals surface area contributed by atoms with Crippen molar-refractivity contribution in [3.8, 4) is 6.07 Å². The zero-order valence-corrected chi connectivity index (χ0v) is 10.2. The first-order valence-electron chi connectivity index (χ1n) is 5.10. The molecule has 1 N–H and O–H groups in total. The van der Waals surface area contributed by atoms with Gasteiger partial charge < -0.3 is 5.32 Å². The molecule has 0 bridgehead atoms. The number of rotatable bonds is 3. The van der Waals surface area contributed by atoms with E-state index in [9.17, 15) is 0 Å². The van der Waals surface area contributed by atoms with Gasteiger partial charge in [-0.15, -0.1) is 11.8 Å². The minimum atomic E-state index is 0.413. The third kappa shape index (κ3) is 2.99. The molecule has 17 heavy (non-hydrogen) atoms. The zero-order valence-electron chi connectivity index (χ0n) is 9.34. The summed E-state index contributed by atoms with van der Waals surface area (Å²) >= 11 is 1.70. The Hall–Kier alpha value is -1.99. The lowest BCUT2D eigenvalue weighted by Crippen LogP contribution is -1.94. The fraction of sp³-hybridized carbons (Fsp3) is 0.0769. The molecule has 0 atom stereocenters. The summed E-state index contributed by atoms with van der Waals surface area (Å²) in [6.45, 7) is 0. The van der Waals surface area contributed by atoms with Crippen molar-refractivity contribution in [2.75, 3.05) is 11.6 Å². The van der Waals surface area contributed by atoms with Crippen LogP contribution in [0.3, 0.4) is 0 Å². The molecule has 0 fully saturated rings. The van der Waals surface area contributed by atoms with E-state index >= 15 is 0 Å². The largest absolute Gasteiger partial charge is 0.340 e. The highest BCUT2D eigenvalue weighted by molar-refractivity contribution is 7.98. The number of pyridine rings is 1. The molecule has 0 unspecified atom stereocenters. The molecule has 0 radical (unpaired) electrons. The van der Waals surface area contributed by atoms with Gasteiger partial charge in [-0.05, 0) is 42.7 Å². The zero-order chi connectivity index (χ0) is 12.1. The van der Waals surface area contributed by atoms with Gasteiger partial charge in [0.05, 0.1) is 0 Å². The third-order valence-electron chi connectivity index (χ3n) is 2.23. The van der Waals surface area contributed by atoms with E-state index in [1.54, 1.807) is 17.8 Å². The van der Waals surface area contributed by atoms with Gasteiger partial charge in [-0.2, -0.15) is 5.26 Å². The van der Waals surface area contributed by atoms with E-state index in [1.165, 1.54) is 4.90 Å². The number of hydrogen-bond acceptors (Lipinski definition) is 4. The van der Waals surface area contributed by atoms with Crippen molar-refractivity contribution in [3.05, 3.63) is 48.2 Å². The maximum atomic E-state index is 8.75. The van der Waals surface area contributed by atoms with Gasteiger partial charge in [0.15, 0.2) is 0 Å². The number of nitrogens with one attached hydrogen (secondary N) is 1. The molecule has 4 heteroatoms. The number of anilines is 2.